The van der Waals surface area contributed by atoms with Gasteiger partial charge in [0.25, 0.3) is 0 Å². The van der Waals surface area contributed by atoms with Gasteiger partial charge in [-0.25, -0.2) is 4.39 Å². The summed E-state index contributed by atoms with van der Waals surface area (Å²) in [5, 5.41) is 0. The van der Waals surface area contributed by atoms with Crippen molar-refractivity contribution in [1.82, 2.24) is 0 Å². The van der Waals surface area contributed by atoms with E-state index in [0.29, 0.717) is 0 Å². The first kappa shape index (κ1) is 9.55. The molecule has 0 saturated carbocycles. The first-order chi connectivity index (χ1) is 4.34. The molecule has 1 radical (unpaired) electrons. The molecule has 0 N–H and O–H groups in total. The number of hydrogen-bond acceptors (Lipinski definition) is 1. The Morgan fingerprint density at radius 3 is 2.70 bits per heavy atom. The Hall–Kier alpha value is -0.453. The molecule has 3 heteroatoms. The molecular formula is C7H7FLiO. The predicted molar refractivity (Wildman–Crippen MR) is 38.9 cm³/mol. The summed E-state index contributed by atoms with van der Waals surface area (Å²) in [7, 11) is 1.43. The van der Waals surface area contributed by atoms with Gasteiger partial charge in [0.15, 0.2) is 11.6 Å². The van der Waals surface area contributed by atoms with Crippen LogP contribution in [0.5, 0.6) is 5.75 Å². The van der Waals surface area contributed by atoms with Gasteiger partial charge in [0.2, 0.25) is 0 Å². The molecule has 10 heavy (non-hydrogen) atoms. The summed E-state index contributed by atoms with van der Waals surface area (Å²) >= 11 is 0. The van der Waals surface area contributed by atoms with Crippen molar-refractivity contribution in [1.29, 1.82) is 0 Å². The molecule has 49 valence electrons. The second kappa shape index (κ2) is 4.38. The second-order valence-corrected chi connectivity index (χ2v) is 1.56. The molecule has 0 atom stereocenters. The van der Waals surface area contributed by atoms with Crippen molar-refractivity contribution in [2.75, 3.05) is 7.11 Å². The Kier molecular flexibility index (Phi) is 4.18. The van der Waals surface area contributed by atoms with Crippen LogP contribution in [0.25, 0.3) is 0 Å². The number of rotatable bonds is 1. The zero-order valence-electron chi connectivity index (χ0n) is 5.02. The van der Waals surface area contributed by atoms with E-state index in [1.807, 2.05) is 0 Å². The number of ether oxygens (including phenoxy) is 1. The maximum absolute atomic E-state index is 12.4. The van der Waals surface area contributed by atoms with Crippen LogP contribution in [0, 0.1) is 11.9 Å². The molecule has 0 heterocycles. The normalized spacial score (nSPS) is 8.20. The molecule has 1 nitrogen and oxygen atoms in total. The van der Waals surface area contributed by atoms with E-state index in [9.17, 15) is 4.39 Å². The third-order valence-electron chi connectivity index (χ3n) is 0.996. The quantitative estimate of drug-likeness (QED) is 0.519. The molecule has 0 aliphatic carbocycles. The molecule has 0 unspecified atom stereocenters. The first-order valence-corrected chi connectivity index (χ1v) is 2.54. The van der Waals surface area contributed by atoms with Crippen molar-refractivity contribution in [2.24, 2.45) is 0 Å². The monoisotopic (exact) mass is 133 g/mol. The number of benzene rings is 1. The molecule has 0 aromatic heterocycles. The van der Waals surface area contributed by atoms with E-state index in [1.165, 1.54) is 19.2 Å². The van der Waals surface area contributed by atoms with Gasteiger partial charge < -0.3 is 4.74 Å². The zero-order chi connectivity index (χ0) is 6.69. The predicted octanol–water partition coefficient (Wildman–Crippen LogP) is 0.986. The van der Waals surface area contributed by atoms with E-state index >= 15 is 0 Å². The summed E-state index contributed by atoms with van der Waals surface area (Å²) in [6, 6.07) is 6.94. The van der Waals surface area contributed by atoms with Crippen LogP contribution in [0.1, 0.15) is 0 Å². The molecule has 0 spiro atoms. The van der Waals surface area contributed by atoms with E-state index in [0.717, 1.165) is 0 Å². The standard InChI is InChI=1S/C7H6FO.Li.H/c1-9-7-5-3-2-4-6(7)8;;/h3-5H,1H3;;. The number of methoxy groups -OCH3 is 1. The molecule has 0 aliphatic heterocycles. The fraction of sp³-hybridized carbons (Fsp3) is 0.143. The fourth-order valence-electron chi connectivity index (χ4n) is 0.561. The van der Waals surface area contributed by atoms with Gasteiger partial charge in [-0.2, -0.15) is 0 Å². The minimum absolute atomic E-state index is 0. The SMILES string of the molecule is COc1cc[c]cc1F.[LiH]. The van der Waals surface area contributed by atoms with Gasteiger partial charge in [0, 0.05) is 0 Å². The molecule has 1 aromatic rings. The second-order valence-electron chi connectivity index (χ2n) is 1.56. The van der Waals surface area contributed by atoms with Crippen LogP contribution >= 0.6 is 0 Å². The average Bonchev–Trinajstić information content (AvgIpc) is 1.89. The molecule has 0 fully saturated rings. The van der Waals surface area contributed by atoms with Crippen LogP contribution in [0.15, 0.2) is 18.2 Å². The van der Waals surface area contributed by atoms with Crippen LogP contribution in [0.3, 0.4) is 0 Å². The Balaban J connectivity index is 0.000000810. The van der Waals surface area contributed by atoms with Crippen LogP contribution in [-0.4, -0.2) is 26.0 Å². The van der Waals surface area contributed by atoms with Crippen molar-refractivity contribution in [3.63, 3.8) is 0 Å². The molecule has 0 aliphatic rings. The molecule has 0 bridgehead atoms. The van der Waals surface area contributed by atoms with Crippen molar-refractivity contribution in [3.8, 4) is 5.75 Å². The molecule has 0 amide bonds. The maximum atomic E-state index is 12.4. The van der Waals surface area contributed by atoms with Crippen LogP contribution in [0.2, 0.25) is 0 Å². The van der Waals surface area contributed by atoms with Crippen LogP contribution in [-0.2, 0) is 0 Å². The summed E-state index contributed by atoms with van der Waals surface area (Å²) in [6.45, 7) is 0. The number of hydrogen-bond donors (Lipinski definition) is 0. The van der Waals surface area contributed by atoms with Crippen molar-refractivity contribution in [2.45, 2.75) is 0 Å². The Morgan fingerprint density at radius 1 is 1.60 bits per heavy atom. The molecule has 1 aromatic carbocycles. The summed E-state index contributed by atoms with van der Waals surface area (Å²) in [5.74, 6) is -0.117. The molecular weight excluding hydrogens is 126 g/mol. The average molecular weight is 133 g/mol. The van der Waals surface area contributed by atoms with Gasteiger partial charge >= 0.3 is 18.9 Å². The topological polar surface area (TPSA) is 9.23 Å². The van der Waals surface area contributed by atoms with Crippen molar-refractivity contribution < 1.29 is 9.13 Å². The third-order valence-corrected chi connectivity index (χ3v) is 0.996. The van der Waals surface area contributed by atoms with Gasteiger partial charge in [-0.3, -0.25) is 0 Å². The van der Waals surface area contributed by atoms with Gasteiger partial charge in [-0.15, -0.1) is 0 Å². The Morgan fingerprint density at radius 2 is 2.30 bits per heavy atom. The third kappa shape index (κ3) is 2.06. The minimum atomic E-state index is -0.375. The number of halogens is 1. The summed E-state index contributed by atoms with van der Waals surface area (Å²) in [6.07, 6.45) is 0. The van der Waals surface area contributed by atoms with Gasteiger partial charge in [-0.1, -0.05) is 6.07 Å². The Labute approximate surface area is 71.4 Å². The van der Waals surface area contributed by atoms with E-state index in [-0.39, 0.29) is 30.4 Å². The van der Waals surface area contributed by atoms with Crippen molar-refractivity contribution in [3.05, 3.63) is 30.1 Å². The van der Waals surface area contributed by atoms with E-state index in [2.05, 4.69) is 10.8 Å². The summed E-state index contributed by atoms with van der Waals surface area (Å²) < 4.78 is 17.1. The van der Waals surface area contributed by atoms with E-state index < -0.39 is 0 Å². The summed E-state index contributed by atoms with van der Waals surface area (Å²) in [5.41, 5.74) is 0. The molecule has 0 saturated heterocycles. The fourth-order valence-corrected chi connectivity index (χ4v) is 0.561. The van der Waals surface area contributed by atoms with Gasteiger partial charge in [0.05, 0.1) is 7.11 Å². The zero-order valence-corrected chi connectivity index (χ0v) is 5.02. The van der Waals surface area contributed by atoms with Crippen LogP contribution < -0.4 is 4.74 Å². The van der Waals surface area contributed by atoms with E-state index in [1.54, 1.807) is 6.07 Å². The van der Waals surface area contributed by atoms with Gasteiger partial charge in [0.1, 0.15) is 0 Å². The summed E-state index contributed by atoms with van der Waals surface area (Å²) in [4.78, 5) is 0. The van der Waals surface area contributed by atoms with Gasteiger partial charge in [-0.05, 0) is 18.2 Å². The van der Waals surface area contributed by atoms with Crippen molar-refractivity contribution >= 4 is 18.9 Å². The molecule has 1 rings (SSSR count). The van der Waals surface area contributed by atoms with E-state index in [4.69, 9.17) is 0 Å². The van der Waals surface area contributed by atoms with Crippen LogP contribution in [0.4, 0.5) is 4.39 Å². The first-order valence-electron chi connectivity index (χ1n) is 2.54. The Bertz CT molecular complexity index is 203.